The number of benzene rings is 2. The van der Waals surface area contributed by atoms with Crippen molar-refractivity contribution >= 4 is 28.8 Å². The van der Waals surface area contributed by atoms with Crippen LogP contribution in [-0.2, 0) is 19.1 Å². The van der Waals surface area contributed by atoms with E-state index in [1.165, 1.54) is 24.7 Å². The summed E-state index contributed by atoms with van der Waals surface area (Å²) in [5.41, 5.74) is 2.67. The molecule has 2 heterocycles. The normalized spacial score (nSPS) is 10.6. The topological polar surface area (TPSA) is 95.3 Å². The van der Waals surface area contributed by atoms with Crippen molar-refractivity contribution in [2.75, 3.05) is 18.5 Å². The molecule has 35 heavy (non-hydrogen) atoms. The second-order valence-corrected chi connectivity index (χ2v) is 7.32. The molecule has 2 aromatic heterocycles. The van der Waals surface area contributed by atoms with Crippen molar-refractivity contribution in [3.05, 3.63) is 84.7 Å². The molecule has 9 heteroatoms. The predicted molar refractivity (Wildman–Crippen MR) is 129 cm³/mol. The minimum Gasteiger partial charge on any atom is -0.462 e. The lowest BCUT2D eigenvalue weighted by Gasteiger charge is -2.09. The summed E-state index contributed by atoms with van der Waals surface area (Å²) < 4.78 is 25.4. The van der Waals surface area contributed by atoms with E-state index in [0.717, 1.165) is 11.1 Å². The van der Waals surface area contributed by atoms with Crippen molar-refractivity contribution in [2.24, 2.45) is 0 Å². The van der Waals surface area contributed by atoms with E-state index in [1.54, 1.807) is 26.0 Å². The summed E-state index contributed by atoms with van der Waals surface area (Å²) in [6.45, 7) is 3.50. The summed E-state index contributed by atoms with van der Waals surface area (Å²) in [7, 11) is 0. The molecule has 0 saturated carbocycles. The van der Waals surface area contributed by atoms with Gasteiger partial charge in [0.05, 0.1) is 18.6 Å². The first kappa shape index (κ1) is 23.6. The van der Waals surface area contributed by atoms with Gasteiger partial charge in [-0.1, -0.05) is 30.3 Å². The maximum Gasteiger partial charge on any atom is 0.347 e. The van der Waals surface area contributed by atoms with Crippen LogP contribution < -0.4 is 5.32 Å². The van der Waals surface area contributed by atoms with Gasteiger partial charge in [-0.05, 0) is 43.7 Å². The van der Waals surface area contributed by atoms with Gasteiger partial charge in [0.1, 0.15) is 18.0 Å². The molecular weight excluding hydrogens is 451 g/mol. The number of carbonyl (C=O) groups is 2. The first-order valence-electron chi connectivity index (χ1n) is 11.0. The highest BCUT2D eigenvalue weighted by Crippen LogP contribution is 2.35. The van der Waals surface area contributed by atoms with Crippen molar-refractivity contribution in [1.29, 1.82) is 0 Å². The Bertz CT molecular complexity index is 1360. The van der Waals surface area contributed by atoms with E-state index in [4.69, 9.17) is 9.47 Å². The average Bonchev–Trinajstić information content (AvgIpc) is 3.26. The minimum absolute atomic E-state index is 0.103. The number of hydrogen-bond acceptors (Lipinski definition) is 7. The van der Waals surface area contributed by atoms with E-state index >= 15 is 0 Å². The Morgan fingerprint density at radius 1 is 0.971 bits per heavy atom. The average molecular weight is 474 g/mol. The molecule has 0 unspecified atom stereocenters. The maximum atomic E-state index is 13.5. The quantitative estimate of drug-likeness (QED) is 0.172. The number of ether oxygens (including phenoxy) is 2. The number of fused-ring (bicyclic) bond motifs is 1. The molecule has 0 fully saturated rings. The van der Waals surface area contributed by atoms with E-state index in [-0.39, 0.29) is 24.6 Å². The van der Waals surface area contributed by atoms with Crippen LogP contribution in [0.4, 0.5) is 10.2 Å². The summed E-state index contributed by atoms with van der Waals surface area (Å²) in [4.78, 5) is 33.5. The van der Waals surface area contributed by atoms with Crippen LogP contribution in [0, 0.1) is 5.82 Å². The van der Waals surface area contributed by atoms with Crippen LogP contribution in [0.15, 0.2) is 78.9 Å². The van der Waals surface area contributed by atoms with E-state index in [0.29, 0.717) is 22.5 Å². The van der Waals surface area contributed by atoms with Crippen LogP contribution in [0.3, 0.4) is 0 Å². The molecule has 0 atom stereocenters. The van der Waals surface area contributed by atoms with E-state index in [9.17, 15) is 14.0 Å². The lowest BCUT2D eigenvalue weighted by atomic mass is 10.1. The molecule has 4 aromatic rings. The first-order chi connectivity index (χ1) is 17.0. The second kappa shape index (κ2) is 10.6. The van der Waals surface area contributed by atoms with Crippen LogP contribution in [0.1, 0.15) is 13.8 Å². The molecule has 0 aliphatic rings. The molecule has 0 bridgehead atoms. The number of nitrogens with zero attached hydrogens (tertiary/aromatic N) is 3. The molecule has 0 saturated heterocycles. The number of anilines is 1. The summed E-state index contributed by atoms with van der Waals surface area (Å²) in [5, 5.41) is 3.61. The van der Waals surface area contributed by atoms with Crippen molar-refractivity contribution < 1.29 is 23.5 Å². The van der Waals surface area contributed by atoms with Crippen LogP contribution in [0.2, 0.25) is 0 Å². The minimum atomic E-state index is -0.809. The Morgan fingerprint density at radius 3 is 2.26 bits per heavy atom. The number of rotatable bonds is 8. The van der Waals surface area contributed by atoms with Gasteiger partial charge in [-0.3, -0.25) is 0 Å². The molecule has 8 nitrogen and oxygen atoms in total. The molecular formula is C26H23FN4O4. The molecule has 2 aromatic carbocycles. The molecule has 0 aliphatic heterocycles. The molecule has 1 N–H and O–H groups in total. The van der Waals surface area contributed by atoms with E-state index in [1.807, 2.05) is 41.1 Å². The number of hydrogen-bond donors (Lipinski definition) is 1. The Balaban J connectivity index is 1.87. The molecule has 178 valence electrons. The zero-order chi connectivity index (χ0) is 24.8. The Labute approximate surface area is 201 Å². The van der Waals surface area contributed by atoms with E-state index in [2.05, 4.69) is 15.3 Å². The number of esters is 2. The van der Waals surface area contributed by atoms with E-state index < -0.39 is 11.9 Å². The van der Waals surface area contributed by atoms with Gasteiger partial charge in [-0.25, -0.2) is 23.9 Å². The van der Waals surface area contributed by atoms with Gasteiger partial charge in [0, 0.05) is 23.6 Å². The second-order valence-electron chi connectivity index (χ2n) is 7.32. The zero-order valence-corrected chi connectivity index (χ0v) is 19.2. The predicted octanol–water partition coefficient (Wildman–Crippen LogP) is 4.65. The van der Waals surface area contributed by atoms with Gasteiger partial charge >= 0.3 is 11.9 Å². The van der Waals surface area contributed by atoms with Gasteiger partial charge in [0.2, 0.25) is 0 Å². The molecule has 0 spiro atoms. The maximum absolute atomic E-state index is 13.5. The Kier molecular flexibility index (Phi) is 7.15. The van der Waals surface area contributed by atoms with Gasteiger partial charge in [-0.2, -0.15) is 0 Å². The van der Waals surface area contributed by atoms with Gasteiger partial charge < -0.3 is 19.4 Å². The summed E-state index contributed by atoms with van der Waals surface area (Å²) in [6, 6.07) is 15.7. The number of aromatic nitrogens is 3. The standard InChI is InChI=1S/C26H23FN4O4/c1-3-34-25(32)20(26(33)35-4-2)14-28-23-22-21(17-8-6-5-7-9-17)15-31(24(22)30-16-29-23)19-12-10-18(27)11-13-19/h5-16H,3-4H2,1-2H3,(H,28,29,30). The molecule has 0 radical (unpaired) electrons. The summed E-state index contributed by atoms with van der Waals surface area (Å²) in [5.74, 6) is -1.60. The third-order valence-corrected chi connectivity index (χ3v) is 5.12. The lowest BCUT2D eigenvalue weighted by molar-refractivity contribution is -0.146. The first-order valence-corrected chi connectivity index (χ1v) is 11.0. The van der Waals surface area contributed by atoms with Crippen LogP contribution in [0.5, 0.6) is 0 Å². The summed E-state index contributed by atoms with van der Waals surface area (Å²) >= 11 is 0. The molecule has 4 rings (SSSR count). The highest BCUT2D eigenvalue weighted by atomic mass is 19.1. The highest BCUT2D eigenvalue weighted by Gasteiger charge is 2.22. The van der Waals surface area contributed by atoms with Crippen molar-refractivity contribution in [1.82, 2.24) is 14.5 Å². The van der Waals surface area contributed by atoms with Crippen LogP contribution in [0.25, 0.3) is 27.8 Å². The Hall–Kier alpha value is -4.53. The Morgan fingerprint density at radius 2 is 1.63 bits per heavy atom. The van der Waals surface area contributed by atoms with Gasteiger partial charge in [-0.15, -0.1) is 0 Å². The summed E-state index contributed by atoms with van der Waals surface area (Å²) in [6.07, 6.45) is 4.47. The third kappa shape index (κ3) is 5.03. The largest absolute Gasteiger partial charge is 0.462 e. The zero-order valence-electron chi connectivity index (χ0n) is 19.2. The lowest BCUT2D eigenvalue weighted by Crippen LogP contribution is -2.19. The molecule has 0 aliphatic carbocycles. The monoisotopic (exact) mass is 474 g/mol. The smallest absolute Gasteiger partial charge is 0.347 e. The van der Waals surface area contributed by atoms with Crippen molar-refractivity contribution in [2.45, 2.75) is 13.8 Å². The third-order valence-electron chi connectivity index (χ3n) is 5.12. The molecule has 0 amide bonds. The van der Waals surface area contributed by atoms with Gasteiger partial charge in [0.15, 0.2) is 11.2 Å². The highest BCUT2D eigenvalue weighted by molar-refractivity contribution is 6.14. The SMILES string of the molecule is CCOC(=O)C(=CNc1ncnc2c1c(-c1ccccc1)cn2-c1ccc(F)cc1)C(=O)OCC. The van der Waals surface area contributed by atoms with Crippen molar-refractivity contribution in [3.8, 4) is 16.8 Å². The fourth-order valence-corrected chi connectivity index (χ4v) is 3.57. The van der Waals surface area contributed by atoms with Gasteiger partial charge in [0.25, 0.3) is 0 Å². The number of nitrogens with one attached hydrogen (secondary N) is 1. The number of halogens is 1. The van der Waals surface area contributed by atoms with Crippen molar-refractivity contribution in [3.63, 3.8) is 0 Å². The fraction of sp³-hybridized carbons (Fsp3) is 0.154. The fourth-order valence-electron chi connectivity index (χ4n) is 3.57. The number of carbonyl (C=O) groups excluding carboxylic acids is 2. The van der Waals surface area contributed by atoms with Crippen LogP contribution >= 0.6 is 0 Å². The van der Waals surface area contributed by atoms with Crippen LogP contribution in [-0.4, -0.2) is 39.7 Å².